The molecule has 0 saturated heterocycles. The smallest absolute Gasteiger partial charge is 0.404 e. The van der Waals surface area contributed by atoms with Crippen molar-refractivity contribution >= 4 is 47.2 Å². The molecule has 0 atom stereocenters. The fourth-order valence-corrected chi connectivity index (χ4v) is 3.12. The van der Waals surface area contributed by atoms with Crippen molar-refractivity contribution in [2.75, 3.05) is 23.3 Å². The van der Waals surface area contributed by atoms with E-state index in [1.165, 1.54) is 18.2 Å². The summed E-state index contributed by atoms with van der Waals surface area (Å²) in [5.41, 5.74) is 7.91. The van der Waals surface area contributed by atoms with Crippen LogP contribution in [0.2, 0.25) is 0 Å². The van der Waals surface area contributed by atoms with Gasteiger partial charge in [-0.05, 0) is 36.6 Å². The molecule has 0 radical (unpaired) electrons. The van der Waals surface area contributed by atoms with E-state index in [0.29, 0.717) is 19.4 Å². The lowest BCUT2D eigenvalue weighted by Gasteiger charge is -2.17. The molecule has 2 aromatic carbocycles. The van der Waals surface area contributed by atoms with Crippen molar-refractivity contribution in [3.63, 3.8) is 0 Å². The normalized spacial score (nSPS) is 13.4. The van der Waals surface area contributed by atoms with E-state index in [-0.39, 0.29) is 48.1 Å². The van der Waals surface area contributed by atoms with Gasteiger partial charge in [0.1, 0.15) is 0 Å². The molecule has 0 aliphatic carbocycles. The molecule has 0 saturated carbocycles. The Kier molecular flexibility index (Phi) is 8.33. The number of alkyl halides is 3. The molecule has 0 unspecified atom stereocenters. The van der Waals surface area contributed by atoms with E-state index in [1.54, 1.807) is 11.0 Å². The number of nitrogens with one attached hydrogen (secondary N) is 1. The maximum absolute atomic E-state index is 12.5. The largest absolute Gasteiger partial charge is 0.573 e. The van der Waals surface area contributed by atoms with Gasteiger partial charge in [-0.25, -0.2) is 0 Å². The van der Waals surface area contributed by atoms with E-state index in [0.717, 1.165) is 17.7 Å². The summed E-state index contributed by atoms with van der Waals surface area (Å²) in [6, 6.07) is 13.3. The number of hydrogen-bond acceptors (Lipinski definition) is 3. The third kappa shape index (κ3) is 6.51. The Bertz CT molecular complexity index is 906. The first kappa shape index (κ1) is 23.8. The predicted octanol–water partition coefficient (Wildman–Crippen LogP) is 4.30. The van der Waals surface area contributed by atoms with Crippen LogP contribution in [0.3, 0.4) is 0 Å². The second-order valence-electron chi connectivity index (χ2n) is 6.46. The number of nitrogens with zero attached hydrogens (tertiary/aromatic N) is 2. The lowest BCUT2D eigenvalue weighted by molar-refractivity contribution is -0.274. The number of nitrogens with two attached hydrogens (primary N) is 1. The SMILES string of the molecule is I.NC(=NCCCC(=O)N1CCc2ccccc21)Nc1ccccc1OC(F)(F)F. The average molecular weight is 534 g/mol. The van der Waals surface area contributed by atoms with Crippen LogP contribution < -0.4 is 20.7 Å². The Morgan fingerprint density at radius 1 is 1.17 bits per heavy atom. The number of anilines is 2. The van der Waals surface area contributed by atoms with Crippen LogP contribution in [0, 0.1) is 0 Å². The topological polar surface area (TPSA) is 80.0 Å². The Hall–Kier alpha value is -2.50. The summed E-state index contributed by atoms with van der Waals surface area (Å²) in [4.78, 5) is 18.3. The van der Waals surface area contributed by atoms with Crippen molar-refractivity contribution in [3.05, 3.63) is 54.1 Å². The molecule has 0 spiro atoms. The number of guanidine groups is 1. The van der Waals surface area contributed by atoms with Gasteiger partial charge in [0.05, 0.1) is 5.69 Å². The highest BCUT2D eigenvalue weighted by Gasteiger charge is 2.32. The summed E-state index contributed by atoms with van der Waals surface area (Å²) in [6.07, 6.45) is -3.19. The molecular formula is C20H22F3IN4O2. The van der Waals surface area contributed by atoms with E-state index in [2.05, 4.69) is 15.0 Å². The molecule has 30 heavy (non-hydrogen) atoms. The van der Waals surface area contributed by atoms with E-state index in [9.17, 15) is 18.0 Å². The molecule has 3 N–H and O–H groups in total. The summed E-state index contributed by atoms with van der Waals surface area (Å²) < 4.78 is 41.3. The third-order valence-corrected chi connectivity index (χ3v) is 4.39. The number of halogens is 4. The van der Waals surface area contributed by atoms with Gasteiger partial charge in [0.15, 0.2) is 11.7 Å². The van der Waals surface area contributed by atoms with Gasteiger partial charge < -0.3 is 20.7 Å². The van der Waals surface area contributed by atoms with Crippen LogP contribution in [0.25, 0.3) is 0 Å². The van der Waals surface area contributed by atoms with Crippen LogP contribution in [-0.4, -0.2) is 31.3 Å². The molecular weight excluding hydrogens is 512 g/mol. The van der Waals surface area contributed by atoms with Crippen LogP contribution in [0.5, 0.6) is 5.75 Å². The number of fused-ring (bicyclic) bond motifs is 1. The number of aliphatic imine (C=N–C) groups is 1. The number of amides is 1. The third-order valence-electron chi connectivity index (χ3n) is 4.39. The molecule has 1 amide bonds. The molecule has 1 heterocycles. The highest BCUT2D eigenvalue weighted by atomic mass is 127. The van der Waals surface area contributed by atoms with Crippen molar-refractivity contribution in [2.45, 2.75) is 25.6 Å². The highest BCUT2D eigenvalue weighted by molar-refractivity contribution is 14.0. The van der Waals surface area contributed by atoms with Crippen LogP contribution in [-0.2, 0) is 11.2 Å². The van der Waals surface area contributed by atoms with Crippen molar-refractivity contribution in [2.24, 2.45) is 10.7 Å². The first-order valence-electron chi connectivity index (χ1n) is 9.13. The van der Waals surface area contributed by atoms with Gasteiger partial charge in [-0.1, -0.05) is 30.3 Å². The van der Waals surface area contributed by atoms with Crippen LogP contribution in [0.4, 0.5) is 24.5 Å². The number of benzene rings is 2. The second-order valence-corrected chi connectivity index (χ2v) is 6.46. The predicted molar refractivity (Wildman–Crippen MR) is 120 cm³/mol. The van der Waals surface area contributed by atoms with Crippen molar-refractivity contribution in [1.82, 2.24) is 0 Å². The van der Waals surface area contributed by atoms with Gasteiger partial charge in [0, 0.05) is 25.2 Å². The van der Waals surface area contributed by atoms with Gasteiger partial charge in [-0.15, -0.1) is 37.1 Å². The first-order chi connectivity index (χ1) is 13.8. The Morgan fingerprint density at radius 3 is 2.63 bits per heavy atom. The number of carbonyl (C=O) groups excluding carboxylic acids is 1. The van der Waals surface area contributed by atoms with Crippen molar-refractivity contribution < 1.29 is 22.7 Å². The molecule has 0 bridgehead atoms. The van der Waals surface area contributed by atoms with Gasteiger partial charge >= 0.3 is 6.36 Å². The summed E-state index contributed by atoms with van der Waals surface area (Å²) >= 11 is 0. The monoisotopic (exact) mass is 534 g/mol. The molecule has 0 fully saturated rings. The lowest BCUT2D eigenvalue weighted by Crippen LogP contribution is -2.29. The zero-order valence-electron chi connectivity index (χ0n) is 16.0. The molecule has 2 aromatic rings. The van der Waals surface area contributed by atoms with Crippen LogP contribution in [0.1, 0.15) is 18.4 Å². The van der Waals surface area contributed by atoms with Gasteiger partial charge in [-0.3, -0.25) is 9.79 Å². The van der Waals surface area contributed by atoms with E-state index < -0.39 is 12.1 Å². The van der Waals surface area contributed by atoms with E-state index in [4.69, 9.17) is 5.73 Å². The van der Waals surface area contributed by atoms with Gasteiger partial charge in [0.2, 0.25) is 5.91 Å². The summed E-state index contributed by atoms with van der Waals surface area (Å²) in [5, 5.41) is 2.60. The van der Waals surface area contributed by atoms with Crippen LogP contribution in [0.15, 0.2) is 53.5 Å². The Labute approximate surface area is 189 Å². The molecule has 1 aliphatic heterocycles. The zero-order chi connectivity index (χ0) is 20.9. The molecule has 6 nitrogen and oxygen atoms in total. The quantitative estimate of drug-likeness (QED) is 0.251. The summed E-state index contributed by atoms with van der Waals surface area (Å²) in [7, 11) is 0. The van der Waals surface area contributed by atoms with Crippen molar-refractivity contribution in [3.8, 4) is 5.75 Å². The average Bonchev–Trinajstić information content (AvgIpc) is 3.10. The maximum atomic E-state index is 12.5. The maximum Gasteiger partial charge on any atom is 0.573 e. The summed E-state index contributed by atoms with van der Waals surface area (Å²) in [5.74, 6) is -0.441. The molecule has 1 aliphatic rings. The standard InChI is InChI=1S/C20H21F3N4O2.HI/c21-20(22,23)29-17-9-4-2-7-15(17)26-19(24)25-12-5-10-18(28)27-13-11-14-6-1-3-8-16(14)27;/h1-4,6-9H,5,10-13H2,(H3,24,25,26);1H. The van der Waals surface area contributed by atoms with Gasteiger partial charge in [-0.2, -0.15) is 0 Å². The Morgan fingerprint density at radius 2 is 1.87 bits per heavy atom. The highest BCUT2D eigenvalue weighted by Crippen LogP contribution is 2.30. The molecule has 10 heteroatoms. The first-order valence-corrected chi connectivity index (χ1v) is 9.13. The number of hydrogen-bond donors (Lipinski definition) is 2. The molecule has 3 rings (SSSR count). The number of carbonyl (C=O) groups is 1. The number of para-hydroxylation sites is 3. The minimum absolute atomic E-state index is 0. The molecule has 0 aromatic heterocycles. The fourth-order valence-electron chi connectivity index (χ4n) is 3.12. The van der Waals surface area contributed by atoms with Crippen molar-refractivity contribution in [1.29, 1.82) is 0 Å². The number of rotatable bonds is 6. The van der Waals surface area contributed by atoms with Crippen LogP contribution >= 0.6 is 24.0 Å². The zero-order valence-corrected chi connectivity index (χ0v) is 18.3. The second kappa shape index (κ2) is 10.5. The van der Waals surface area contributed by atoms with E-state index >= 15 is 0 Å². The lowest BCUT2D eigenvalue weighted by atomic mass is 10.2. The minimum Gasteiger partial charge on any atom is -0.404 e. The Balaban J connectivity index is 0.00000320. The van der Waals surface area contributed by atoms with Gasteiger partial charge in [0.25, 0.3) is 0 Å². The number of ether oxygens (including phenoxy) is 1. The molecule has 162 valence electrons. The minimum atomic E-state index is -4.81. The summed E-state index contributed by atoms with van der Waals surface area (Å²) in [6.45, 7) is 0.934. The fraction of sp³-hybridized carbons (Fsp3) is 0.300. The van der Waals surface area contributed by atoms with E-state index in [1.807, 2.05) is 24.3 Å².